The number of rotatable bonds is 5. The van der Waals surface area contributed by atoms with E-state index in [0.29, 0.717) is 5.11 Å². The zero-order valence-electron chi connectivity index (χ0n) is 15.7. The van der Waals surface area contributed by atoms with E-state index in [0.717, 1.165) is 42.6 Å². The van der Waals surface area contributed by atoms with E-state index in [1.54, 1.807) is 0 Å². The molecule has 27 heavy (non-hydrogen) atoms. The molecule has 0 saturated carbocycles. The number of nitrogens with one attached hydrogen (secondary N) is 2. The van der Waals surface area contributed by atoms with Crippen LogP contribution in [0.5, 0.6) is 0 Å². The monoisotopic (exact) mass is 403 g/mol. The standard InChI is InChI=1S/C21H26ClN3OS/c1-15-8-9-18(14-19(15)22)24-21(27)23-16(2)20(17-6-4-3-5-7-17)25-10-12-26-13-11-25/h3-9,14,16,20H,10-13H2,1-2H3,(H2,23,24,27)/t16-,20+/m0/s1. The highest BCUT2D eigenvalue weighted by molar-refractivity contribution is 7.80. The summed E-state index contributed by atoms with van der Waals surface area (Å²) >= 11 is 11.8. The Morgan fingerprint density at radius 2 is 1.85 bits per heavy atom. The van der Waals surface area contributed by atoms with Crippen molar-refractivity contribution in [2.45, 2.75) is 25.9 Å². The van der Waals surface area contributed by atoms with Crippen molar-refractivity contribution in [2.75, 3.05) is 31.6 Å². The van der Waals surface area contributed by atoms with Crippen LogP contribution in [0.15, 0.2) is 48.5 Å². The average molecular weight is 404 g/mol. The highest BCUT2D eigenvalue weighted by atomic mass is 35.5. The lowest BCUT2D eigenvalue weighted by Crippen LogP contribution is -2.49. The molecule has 0 amide bonds. The zero-order valence-corrected chi connectivity index (χ0v) is 17.3. The van der Waals surface area contributed by atoms with Gasteiger partial charge in [0.05, 0.1) is 19.3 Å². The lowest BCUT2D eigenvalue weighted by atomic mass is 9.98. The van der Waals surface area contributed by atoms with Gasteiger partial charge >= 0.3 is 0 Å². The Morgan fingerprint density at radius 3 is 2.52 bits per heavy atom. The maximum Gasteiger partial charge on any atom is 0.171 e. The molecule has 2 N–H and O–H groups in total. The molecule has 2 aromatic carbocycles. The third kappa shape index (κ3) is 5.42. The molecule has 1 saturated heterocycles. The maximum absolute atomic E-state index is 6.21. The molecule has 0 spiro atoms. The zero-order chi connectivity index (χ0) is 19.2. The Kier molecular flexibility index (Phi) is 7.07. The van der Waals surface area contributed by atoms with Crippen LogP contribution in [0.2, 0.25) is 5.02 Å². The number of hydrogen-bond acceptors (Lipinski definition) is 3. The van der Waals surface area contributed by atoms with E-state index in [9.17, 15) is 0 Å². The van der Waals surface area contributed by atoms with Crippen LogP contribution in [0.4, 0.5) is 5.69 Å². The van der Waals surface area contributed by atoms with Crippen molar-refractivity contribution in [3.05, 3.63) is 64.7 Å². The van der Waals surface area contributed by atoms with Crippen molar-refractivity contribution < 1.29 is 4.74 Å². The Morgan fingerprint density at radius 1 is 1.15 bits per heavy atom. The summed E-state index contributed by atoms with van der Waals surface area (Å²) in [6, 6.07) is 16.8. The number of morpholine rings is 1. The molecule has 0 unspecified atom stereocenters. The van der Waals surface area contributed by atoms with E-state index in [4.69, 9.17) is 28.6 Å². The molecule has 6 heteroatoms. The second kappa shape index (κ2) is 9.51. The number of aryl methyl sites for hydroxylation is 1. The molecule has 3 rings (SSSR count). The molecule has 0 radical (unpaired) electrons. The normalized spacial score (nSPS) is 17.1. The smallest absolute Gasteiger partial charge is 0.171 e. The first kappa shape index (κ1) is 20.1. The molecule has 2 atom stereocenters. The molecule has 1 aliphatic rings. The third-order valence-corrected chi connectivity index (χ3v) is 5.47. The number of hydrogen-bond donors (Lipinski definition) is 2. The van der Waals surface area contributed by atoms with Crippen LogP contribution >= 0.6 is 23.8 Å². The molecule has 1 fully saturated rings. The molecule has 1 heterocycles. The fourth-order valence-electron chi connectivity index (χ4n) is 3.45. The van der Waals surface area contributed by atoms with Crippen LogP contribution in [-0.2, 0) is 4.74 Å². The van der Waals surface area contributed by atoms with Crippen molar-refractivity contribution in [1.82, 2.24) is 10.2 Å². The lowest BCUT2D eigenvalue weighted by Gasteiger charge is -2.38. The number of halogens is 1. The summed E-state index contributed by atoms with van der Waals surface area (Å²) < 4.78 is 5.53. The van der Waals surface area contributed by atoms with E-state index in [1.165, 1.54) is 5.56 Å². The summed E-state index contributed by atoms with van der Waals surface area (Å²) in [5, 5.41) is 8.02. The topological polar surface area (TPSA) is 36.5 Å². The summed E-state index contributed by atoms with van der Waals surface area (Å²) in [7, 11) is 0. The molecule has 0 aromatic heterocycles. The van der Waals surface area contributed by atoms with Crippen LogP contribution in [0, 0.1) is 6.92 Å². The van der Waals surface area contributed by atoms with Gasteiger partial charge in [-0.1, -0.05) is 48.0 Å². The van der Waals surface area contributed by atoms with Gasteiger partial charge in [0.25, 0.3) is 0 Å². The molecule has 4 nitrogen and oxygen atoms in total. The minimum atomic E-state index is 0.131. The summed E-state index contributed by atoms with van der Waals surface area (Å²) in [4.78, 5) is 2.46. The Labute approximate surface area is 171 Å². The number of ether oxygens (including phenoxy) is 1. The van der Waals surface area contributed by atoms with Gasteiger partial charge in [-0.05, 0) is 49.3 Å². The quantitative estimate of drug-likeness (QED) is 0.724. The van der Waals surface area contributed by atoms with Gasteiger partial charge in [-0.15, -0.1) is 0 Å². The van der Waals surface area contributed by atoms with Crippen molar-refractivity contribution in [3.8, 4) is 0 Å². The van der Waals surface area contributed by atoms with Gasteiger partial charge in [0.2, 0.25) is 0 Å². The highest BCUT2D eigenvalue weighted by Crippen LogP contribution is 2.26. The number of benzene rings is 2. The second-order valence-electron chi connectivity index (χ2n) is 6.85. The number of thiocarbonyl (C=S) groups is 1. The summed E-state index contributed by atoms with van der Waals surface area (Å²) in [6.07, 6.45) is 0. The molecule has 0 aliphatic carbocycles. The van der Waals surface area contributed by atoms with Crippen molar-refractivity contribution in [3.63, 3.8) is 0 Å². The highest BCUT2D eigenvalue weighted by Gasteiger charge is 2.28. The van der Waals surface area contributed by atoms with Gasteiger partial charge in [0, 0.05) is 29.8 Å². The fourth-order valence-corrected chi connectivity index (χ4v) is 3.93. The fraction of sp³-hybridized carbons (Fsp3) is 0.381. The molecule has 1 aliphatic heterocycles. The Bertz CT molecular complexity index is 765. The van der Waals surface area contributed by atoms with E-state index < -0.39 is 0 Å². The summed E-state index contributed by atoms with van der Waals surface area (Å²) in [5.74, 6) is 0. The Balaban J connectivity index is 1.70. The van der Waals surface area contributed by atoms with E-state index in [2.05, 4.69) is 46.7 Å². The van der Waals surface area contributed by atoms with Gasteiger partial charge in [0.15, 0.2) is 5.11 Å². The maximum atomic E-state index is 6.21. The summed E-state index contributed by atoms with van der Waals surface area (Å²) in [5.41, 5.74) is 3.21. The molecule has 2 aromatic rings. The van der Waals surface area contributed by atoms with Crippen molar-refractivity contribution in [2.24, 2.45) is 0 Å². The van der Waals surface area contributed by atoms with Crippen LogP contribution in [-0.4, -0.2) is 42.4 Å². The largest absolute Gasteiger partial charge is 0.379 e. The first-order valence-electron chi connectivity index (χ1n) is 9.25. The van der Waals surface area contributed by atoms with Crippen LogP contribution in [0.25, 0.3) is 0 Å². The number of anilines is 1. The van der Waals surface area contributed by atoms with E-state index in [1.807, 2.05) is 31.2 Å². The second-order valence-corrected chi connectivity index (χ2v) is 7.67. The van der Waals surface area contributed by atoms with Crippen LogP contribution in [0.3, 0.4) is 0 Å². The van der Waals surface area contributed by atoms with Gasteiger partial charge in [-0.2, -0.15) is 0 Å². The first-order valence-corrected chi connectivity index (χ1v) is 10.0. The SMILES string of the molecule is Cc1ccc(NC(=S)N[C@@H](C)[C@H](c2ccccc2)N2CCOCC2)cc1Cl. The Hall–Kier alpha value is -1.66. The molecule has 144 valence electrons. The van der Waals surface area contributed by atoms with Crippen LogP contribution in [0.1, 0.15) is 24.1 Å². The van der Waals surface area contributed by atoms with Crippen molar-refractivity contribution in [1.29, 1.82) is 0 Å². The van der Waals surface area contributed by atoms with Crippen LogP contribution < -0.4 is 10.6 Å². The molecular weight excluding hydrogens is 378 g/mol. The van der Waals surface area contributed by atoms with Crippen molar-refractivity contribution >= 4 is 34.6 Å². The number of nitrogens with zero attached hydrogens (tertiary/aromatic N) is 1. The van der Waals surface area contributed by atoms with Gasteiger partial charge < -0.3 is 15.4 Å². The van der Waals surface area contributed by atoms with Gasteiger partial charge in [-0.25, -0.2) is 0 Å². The minimum absolute atomic E-state index is 0.131. The first-order chi connectivity index (χ1) is 13.0. The minimum Gasteiger partial charge on any atom is -0.379 e. The summed E-state index contributed by atoms with van der Waals surface area (Å²) in [6.45, 7) is 7.51. The molecular formula is C21H26ClN3OS. The lowest BCUT2D eigenvalue weighted by molar-refractivity contribution is 0.0102. The van der Waals surface area contributed by atoms with Gasteiger partial charge in [-0.3, -0.25) is 4.90 Å². The molecule has 0 bridgehead atoms. The van der Waals surface area contributed by atoms with Gasteiger partial charge in [0.1, 0.15) is 0 Å². The predicted octanol–water partition coefficient (Wildman–Crippen LogP) is 4.40. The average Bonchev–Trinajstić information content (AvgIpc) is 2.66. The van der Waals surface area contributed by atoms with E-state index >= 15 is 0 Å². The predicted molar refractivity (Wildman–Crippen MR) is 117 cm³/mol. The third-order valence-electron chi connectivity index (χ3n) is 4.84. The van der Waals surface area contributed by atoms with E-state index in [-0.39, 0.29) is 12.1 Å².